The number of rotatable bonds is 2. The SMILES string of the molecule is CC(N)c1cccc(S(N)(=O)=O)c1.Cl. The minimum atomic E-state index is -3.61. The summed E-state index contributed by atoms with van der Waals surface area (Å²) in [5, 5.41) is 4.96. The van der Waals surface area contributed by atoms with E-state index >= 15 is 0 Å². The van der Waals surface area contributed by atoms with Crippen LogP contribution in [0.25, 0.3) is 0 Å². The molecule has 80 valence electrons. The van der Waals surface area contributed by atoms with Crippen molar-refractivity contribution in [1.29, 1.82) is 0 Å². The summed E-state index contributed by atoms with van der Waals surface area (Å²) in [5.41, 5.74) is 6.35. The Balaban J connectivity index is 0.00000169. The molecule has 1 unspecified atom stereocenters. The molecule has 0 saturated carbocycles. The normalized spacial score (nSPS) is 13.1. The quantitative estimate of drug-likeness (QED) is 0.796. The molecule has 0 spiro atoms. The minimum Gasteiger partial charge on any atom is -0.324 e. The predicted octanol–water partition coefficient (Wildman–Crippen LogP) is 0.776. The van der Waals surface area contributed by atoms with Gasteiger partial charge in [0.25, 0.3) is 0 Å². The van der Waals surface area contributed by atoms with Crippen LogP contribution < -0.4 is 10.9 Å². The fraction of sp³-hybridized carbons (Fsp3) is 0.250. The molecule has 4 nitrogen and oxygen atoms in total. The van der Waals surface area contributed by atoms with Gasteiger partial charge in [0.1, 0.15) is 0 Å². The van der Waals surface area contributed by atoms with E-state index in [0.29, 0.717) is 0 Å². The lowest BCUT2D eigenvalue weighted by atomic mass is 10.1. The lowest BCUT2D eigenvalue weighted by molar-refractivity contribution is 0.597. The van der Waals surface area contributed by atoms with Gasteiger partial charge >= 0.3 is 0 Å². The van der Waals surface area contributed by atoms with E-state index in [2.05, 4.69) is 0 Å². The first-order valence-electron chi connectivity index (χ1n) is 3.79. The molecule has 1 aromatic rings. The van der Waals surface area contributed by atoms with Gasteiger partial charge in [-0.1, -0.05) is 12.1 Å². The van der Waals surface area contributed by atoms with Gasteiger partial charge in [0.15, 0.2) is 0 Å². The van der Waals surface area contributed by atoms with Crippen molar-refractivity contribution in [3.05, 3.63) is 29.8 Å². The maximum Gasteiger partial charge on any atom is 0.238 e. The Morgan fingerprint density at radius 3 is 2.36 bits per heavy atom. The van der Waals surface area contributed by atoms with Crippen LogP contribution in [-0.4, -0.2) is 8.42 Å². The molecule has 0 bridgehead atoms. The summed E-state index contributed by atoms with van der Waals surface area (Å²) >= 11 is 0. The molecule has 0 heterocycles. The van der Waals surface area contributed by atoms with Gasteiger partial charge in [-0.25, -0.2) is 13.6 Å². The van der Waals surface area contributed by atoms with Crippen molar-refractivity contribution in [3.8, 4) is 0 Å². The number of sulfonamides is 1. The fourth-order valence-corrected chi connectivity index (χ4v) is 1.54. The summed E-state index contributed by atoms with van der Waals surface area (Å²) in [5.74, 6) is 0. The highest BCUT2D eigenvalue weighted by Crippen LogP contribution is 2.14. The van der Waals surface area contributed by atoms with Crippen molar-refractivity contribution in [2.75, 3.05) is 0 Å². The fourth-order valence-electron chi connectivity index (χ4n) is 0.975. The Morgan fingerprint density at radius 2 is 1.93 bits per heavy atom. The van der Waals surface area contributed by atoms with Crippen LogP contribution >= 0.6 is 12.4 Å². The van der Waals surface area contributed by atoms with Gasteiger partial charge in [-0.3, -0.25) is 0 Å². The van der Waals surface area contributed by atoms with E-state index in [9.17, 15) is 8.42 Å². The highest BCUT2D eigenvalue weighted by Gasteiger charge is 2.08. The first kappa shape index (κ1) is 13.4. The van der Waals surface area contributed by atoms with E-state index in [-0.39, 0.29) is 23.3 Å². The van der Waals surface area contributed by atoms with Crippen molar-refractivity contribution in [3.63, 3.8) is 0 Å². The van der Waals surface area contributed by atoms with Gasteiger partial charge in [0.05, 0.1) is 4.90 Å². The lowest BCUT2D eigenvalue weighted by Gasteiger charge is -2.06. The second kappa shape index (κ2) is 4.75. The van der Waals surface area contributed by atoms with Crippen LogP contribution in [0.15, 0.2) is 29.2 Å². The predicted molar refractivity (Wildman–Crippen MR) is 57.7 cm³/mol. The molecular weight excluding hydrogens is 224 g/mol. The first-order valence-corrected chi connectivity index (χ1v) is 5.34. The topological polar surface area (TPSA) is 86.2 Å². The minimum absolute atomic E-state index is 0. The van der Waals surface area contributed by atoms with Gasteiger partial charge in [-0.2, -0.15) is 0 Å². The molecular formula is C8H13ClN2O2S. The Morgan fingerprint density at radius 1 is 1.36 bits per heavy atom. The third-order valence-corrected chi connectivity index (χ3v) is 2.62. The molecule has 4 N–H and O–H groups in total. The van der Waals surface area contributed by atoms with Crippen molar-refractivity contribution in [1.82, 2.24) is 0 Å². The highest BCUT2D eigenvalue weighted by molar-refractivity contribution is 7.89. The molecule has 0 aliphatic heterocycles. The molecule has 0 saturated heterocycles. The Labute approximate surface area is 89.8 Å². The molecule has 0 aromatic heterocycles. The Bertz CT molecular complexity index is 404. The van der Waals surface area contributed by atoms with E-state index in [1.165, 1.54) is 12.1 Å². The van der Waals surface area contributed by atoms with Crippen LogP contribution in [0, 0.1) is 0 Å². The van der Waals surface area contributed by atoms with Crippen LogP contribution in [0.1, 0.15) is 18.5 Å². The molecule has 1 aromatic carbocycles. The van der Waals surface area contributed by atoms with Gasteiger partial charge < -0.3 is 5.73 Å². The van der Waals surface area contributed by atoms with E-state index in [0.717, 1.165) is 5.56 Å². The van der Waals surface area contributed by atoms with Crippen molar-refractivity contribution in [2.24, 2.45) is 10.9 Å². The number of halogens is 1. The van der Waals surface area contributed by atoms with Crippen molar-refractivity contribution < 1.29 is 8.42 Å². The summed E-state index contributed by atoms with van der Waals surface area (Å²) in [4.78, 5) is 0.0994. The zero-order chi connectivity index (χ0) is 10.1. The molecule has 0 radical (unpaired) electrons. The van der Waals surface area contributed by atoms with Crippen LogP contribution in [0.3, 0.4) is 0 Å². The van der Waals surface area contributed by atoms with E-state index in [4.69, 9.17) is 10.9 Å². The zero-order valence-corrected chi connectivity index (χ0v) is 9.31. The van der Waals surface area contributed by atoms with Crippen LogP contribution in [0.2, 0.25) is 0 Å². The summed E-state index contributed by atoms with van der Waals surface area (Å²) in [6.45, 7) is 1.78. The second-order valence-corrected chi connectivity index (χ2v) is 4.47. The Hall–Kier alpha value is -0.620. The Kier molecular flexibility index (Phi) is 4.54. The van der Waals surface area contributed by atoms with Gasteiger partial charge in [-0.05, 0) is 24.6 Å². The zero-order valence-electron chi connectivity index (χ0n) is 7.67. The molecule has 1 atom stereocenters. The number of primary sulfonamides is 1. The molecule has 0 fully saturated rings. The monoisotopic (exact) mass is 236 g/mol. The van der Waals surface area contributed by atoms with Crippen molar-refractivity contribution >= 4 is 22.4 Å². The van der Waals surface area contributed by atoms with Gasteiger partial charge in [0.2, 0.25) is 10.0 Å². The molecule has 0 aliphatic carbocycles. The number of nitrogens with two attached hydrogens (primary N) is 2. The largest absolute Gasteiger partial charge is 0.324 e. The van der Waals surface area contributed by atoms with Crippen LogP contribution in [-0.2, 0) is 10.0 Å². The third kappa shape index (κ3) is 3.26. The molecule has 0 amide bonds. The van der Waals surface area contributed by atoms with E-state index < -0.39 is 10.0 Å². The maximum atomic E-state index is 10.9. The third-order valence-electron chi connectivity index (χ3n) is 1.71. The summed E-state index contributed by atoms with van der Waals surface area (Å²) in [6, 6.07) is 6.13. The van der Waals surface area contributed by atoms with Crippen LogP contribution in [0.4, 0.5) is 0 Å². The highest BCUT2D eigenvalue weighted by atomic mass is 35.5. The second-order valence-electron chi connectivity index (χ2n) is 2.91. The standard InChI is InChI=1S/C8H12N2O2S.ClH/c1-6(9)7-3-2-4-8(5-7)13(10,11)12;/h2-6H,9H2,1H3,(H2,10,11,12);1H. The summed E-state index contributed by atoms with van der Waals surface area (Å²) in [7, 11) is -3.61. The molecule has 1 rings (SSSR count). The summed E-state index contributed by atoms with van der Waals surface area (Å²) in [6.07, 6.45) is 0. The number of hydrogen-bond acceptors (Lipinski definition) is 3. The lowest BCUT2D eigenvalue weighted by Crippen LogP contribution is -2.13. The number of benzene rings is 1. The van der Waals surface area contributed by atoms with Gasteiger partial charge in [-0.15, -0.1) is 12.4 Å². The molecule has 6 heteroatoms. The average Bonchev–Trinajstić information content (AvgIpc) is 2.03. The van der Waals surface area contributed by atoms with E-state index in [1.54, 1.807) is 19.1 Å². The van der Waals surface area contributed by atoms with E-state index in [1.807, 2.05) is 0 Å². The maximum absolute atomic E-state index is 10.9. The van der Waals surface area contributed by atoms with Gasteiger partial charge in [0, 0.05) is 6.04 Å². The summed E-state index contributed by atoms with van der Waals surface area (Å²) < 4.78 is 21.9. The van der Waals surface area contributed by atoms with Crippen LogP contribution in [0.5, 0.6) is 0 Å². The van der Waals surface area contributed by atoms with Crippen molar-refractivity contribution in [2.45, 2.75) is 17.9 Å². The first-order chi connectivity index (χ1) is 5.91. The smallest absolute Gasteiger partial charge is 0.238 e. The molecule has 14 heavy (non-hydrogen) atoms. The molecule has 0 aliphatic rings. The average molecular weight is 237 g/mol. The number of hydrogen-bond donors (Lipinski definition) is 2.